The SMILES string of the molecule is CCCS(=O)(=O)CCSc1ccccc1C#N. The first kappa shape index (κ1) is 14.1. The molecule has 0 bridgehead atoms. The Bertz CT molecular complexity index is 503. The Labute approximate surface area is 107 Å². The van der Waals surface area contributed by atoms with Crippen molar-refractivity contribution in [1.82, 2.24) is 0 Å². The van der Waals surface area contributed by atoms with Gasteiger partial charge in [0, 0.05) is 16.4 Å². The smallest absolute Gasteiger partial charge is 0.151 e. The molecular weight excluding hydrogens is 254 g/mol. The number of thioether (sulfide) groups is 1. The Morgan fingerprint density at radius 1 is 1.29 bits per heavy atom. The molecule has 0 aliphatic rings. The highest BCUT2D eigenvalue weighted by atomic mass is 32.2. The molecule has 0 saturated carbocycles. The number of nitrogens with zero attached hydrogens (tertiary/aromatic N) is 1. The summed E-state index contributed by atoms with van der Waals surface area (Å²) in [5, 5.41) is 8.88. The van der Waals surface area contributed by atoms with Crippen LogP contribution in [0.25, 0.3) is 0 Å². The van der Waals surface area contributed by atoms with Gasteiger partial charge in [-0.1, -0.05) is 19.1 Å². The highest BCUT2D eigenvalue weighted by Crippen LogP contribution is 2.22. The highest BCUT2D eigenvalue weighted by Gasteiger charge is 2.10. The topological polar surface area (TPSA) is 57.9 Å². The minimum Gasteiger partial charge on any atom is -0.229 e. The van der Waals surface area contributed by atoms with Crippen LogP contribution in [0.4, 0.5) is 0 Å². The van der Waals surface area contributed by atoms with Crippen LogP contribution in [-0.2, 0) is 9.84 Å². The van der Waals surface area contributed by atoms with Gasteiger partial charge in [-0.15, -0.1) is 11.8 Å². The Hall–Kier alpha value is -0.990. The van der Waals surface area contributed by atoms with Crippen molar-refractivity contribution in [3.8, 4) is 6.07 Å². The first-order chi connectivity index (χ1) is 8.09. The fourth-order valence-corrected chi connectivity index (χ4v) is 4.22. The fourth-order valence-electron chi connectivity index (χ4n) is 1.38. The third-order valence-corrected chi connectivity index (χ3v) is 5.36. The molecule has 0 unspecified atom stereocenters. The van der Waals surface area contributed by atoms with Crippen molar-refractivity contribution >= 4 is 21.6 Å². The second kappa shape index (κ2) is 6.67. The summed E-state index contributed by atoms with van der Waals surface area (Å²) in [7, 11) is -2.93. The molecule has 0 N–H and O–H groups in total. The van der Waals surface area contributed by atoms with Gasteiger partial charge in [0.05, 0.1) is 11.3 Å². The fraction of sp³-hybridized carbons (Fsp3) is 0.417. The van der Waals surface area contributed by atoms with Gasteiger partial charge >= 0.3 is 0 Å². The predicted molar refractivity (Wildman–Crippen MR) is 70.8 cm³/mol. The van der Waals surface area contributed by atoms with Gasteiger partial charge in [-0.3, -0.25) is 0 Å². The van der Waals surface area contributed by atoms with E-state index in [4.69, 9.17) is 5.26 Å². The average Bonchev–Trinajstić information content (AvgIpc) is 2.29. The molecule has 0 aliphatic carbocycles. The first-order valence-electron chi connectivity index (χ1n) is 5.41. The maximum Gasteiger partial charge on any atom is 0.151 e. The molecule has 1 rings (SSSR count). The lowest BCUT2D eigenvalue weighted by Gasteiger charge is -2.04. The Morgan fingerprint density at radius 3 is 2.65 bits per heavy atom. The summed E-state index contributed by atoms with van der Waals surface area (Å²) >= 11 is 1.42. The Balaban J connectivity index is 2.55. The van der Waals surface area contributed by atoms with Gasteiger partial charge in [0.2, 0.25) is 0 Å². The Kier molecular flexibility index (Phi) is 5.52. The van der Waals surface area contributed by atoms with E-state index in [2.05, 4.69) is 6.07 Å². The lowest BCUT2D eigenvalue weighted by atomic mass is 10.2. The monoisotopic (exact) mass is 269 g/mol. The summed E-state index contributed by atoms with van der Waals surface area (Å²) in [5.74, 6) is 0.916. The van der Waals surface area contributed by atoms with Crippen LogP contribution in [0.1, 0.15) is 18.9 Å². The van der Waals surface area contributed by atoms with Crippen LogP contribution in [0.15, 0.2) is 29.2 Å². The number of hydrogen-bond acceptors (Lipinski definition) is 4. The van der Waals surface area contributed by atoms with Gasteiger partial charge in [-0.2, -0.15) is 5.26 Å². The van der Waals surface area contributed by atoms with Gasteiger partial charge in [0.15, 0.2) is 9.84 Å². The number of nitriles is 1. The van der Waals surface area contributed by atoms with Crippen LogP contribution in [0.2, 0.25) is 0 Å². The van der Waals surface area contributed by atoms with Crippen molar-refractivity contribution in [2.24, 2.45) is 0 Å². The molecule has 3 nitrogen and oxygen atoms in total. The summed E-state index contributed by atoms with van der Waals surface area (Å²) < 4.78 is 23.0. The van der Waals surface area contributed by atoms with Crippen molar-refractivity contribution in [2.45, 2.75) is 18.2 Å². The van der Waals surface area contributed by atoms with Gasteiger partial charge < -0.3 is 0 Å². The summed E-state index contributed by atoms with van der Waals surface area (Å²) in [6.07, 6.45) is 0.655. The van der Waals surface area contributed by atoms with Crippen LogP contribution < -0.4 is 0 Å². The molecule has 5 heteroatoms. The number of sulfone groups is 1. The summed E-state index contributed by atoms with van der Waals surface area (Å²) in [5.41, 5.74) is 0.602. The molecular formula is C12H15NO2S2. The van der Waals surface area contributed by atoms with Crippen LogP contribution >= 0.6 is 11.8 Å². The third-order valence-electron chi connectivity index (χ3n) is 2.17. The molecule has 0 aliphatic heterocycles. The van der Waals surface area contributed by atoms with E-state index in [1.165, 1.54) is 11.8 Å². The molecule has 0 radical (unpaired) electrons. The standard InChI is InChI=1S/C12H15NO2S2/c1-2-8-17(14,15)9-7-16-12-6-4-3-5-11(12)10-13/h3-6H,2,7-9H2,1H3. The maximum absolute atomic E-state index is 11.5. The van der Waals surface area contributed by atoms with Gasteiger partial charge in [-0.05, 0) is 18.6 Å². The van der Waals surface area contributed by atoms with E-state index >= 15 is 0 Å². The van der Waals surface area contributed by atoms with E-state index < -0.39 is 9.84 Å². The van der Waals surface area contributed by atoms with Crippen molar-refractivity contribution in [2.75, 3.05) is 17.3 Å². The minimum absolute atomic E-state index is 0.172. The van der Waals surface area contributed by atoms with E-state index in [1.807, 2.05) is 19.1 Å². The highest BCUT2D eigenvalue weighted by molar-refractivity contribution is 8.00. The molecule has 0 saturated heterocycles. The molecule has 0 fully saturated rings. The molecule has 0 amide bonds. The average molecular weight is 269 g/mol. The zero-order chi connectivity index (χ0) is 12.7. The third kappa shape index (κ3) is 4.80. The molecule has 0 aromatic heterocycles. The largest absolute Gasteiger partial charge is 0.229 e. The van der Waals surface area contributed by atoms with Crippen molar-refractivity contribution < 1.29 is 8.42 Å². The van der Waals surface area contributed by atoms with E-state index in [0.717, 1.165) is 4.90 Å². The predicted octanol–water partition coefficient (Wildman–Crippen LogP) is 2.48. The molecule has 0 atom stereocenters. The normalized spacial score (nSPS) is 11.1. The quantitative estimate of drug-likeness (QED) is 0.744. The van der Waals surface area contributed by atoms with E-state index in [0.29, 0.717) is 17.7 Å². The van der Waals surface area contributed by atoms with Crippen LogP contribution in [0.5, 0.6) is 0 Å². The summed E-state index contributed by atoms with van der Waals surface area (Å²) in [6, 6.07) is 9.33. The van der Waals surface area contributed by atoms with Gasteiger partial charge in [0.25, 0.3) is 0 Å². The number of rotatable bonds is 6. The van der Waals surface area contributed by atoms with E-state index in [9.17, 15) is 8.42 Å². The zero-order valence-corrected chi connectivity index (χ0v) is 11.4. The second-order valence-electron chi connectivity index (χ2n) is 3.61. The lowest BCUT2D eigenvalue weighted by molar-refractivity contribution is 0.596. The van der Waals surface area contributed by atoms with Crippen LogP contribution in [-0.4, -0.2) is 25.7 Å². The van der Waals surface area contributed by atoms with Crippen molar-refractivity contribution in [3.63, 3.8) is 0 Å². The van der Waals surface area contributed by atoms with Crippen LogP contribution in [0.3, 0.4) is 0 Å². The van der Waals surface area contributed by atoms with Crippen LogP contribution in [0, 0.1) is 11.3 Å². The van der Waals surface area contributed by atoms with Gasteiger partial charge in [0.1, 0.15) is 6.07 Å². The molecule has 17 heavy (non-hydrogen) atoms. The Morgan fingerprint density at radius 2 is 2.00 bits per heavy atom. The number of benzene rings is 1. The molecule has 0 heterocycles. The summed E-state index contributed by atoms with van der Waals surface area (Å²) in [4.78, 5) is 0.849. The minimum atomic E-state index is -2.93. The summed E-state index contributed by atoms with van der Waals surface area (Å²) in [6.45, 7) is 1.86. The number of hydrogen-bond donors (Lipinski definition) is 0. The second-order valence-corrected chi connectivity index (χ2v) is 7.05. The van der Waals surface area contributed by atoms with E-state index in [1.54, 1.807) is 12.1 Å². The van der Waals surface area contributed by atoms with E-state index in [-0.39, 0.29) is 11.5 Å². The molecule has 1 aromatic rings. The first-order valence-corrected chi connectivity index (χ1v) is 8.22. The van der Waals surface area contributed by atoms with Crippen molar-refractivity contribution in [1.29, 1.82) is 5.26 Å². The zero-order valence-electron chi connectivity index (χ0n) is 9.72. The molecule has 1 aromatic carbocycles. The molecule has 92 valence electrons. The molecule has 0 spiro atoms. The van der Waals surface area contributed by atoms with Gasteiger partial charge in [-0.25, -0.2) is 8.42 Å². The maximum atomic E-state index is 11.5. The van der Waals surface area contributed by atoms with Crippen molar-refractivity contribution in [3.05, 3.63) is 29.8 Å². The lowest BCUT2D eigenvalue weighted by Crippen LogP contribution is -2.12.